The standard InChI is InChI=1S/C14H27N3O2/c1-4-6-9-16-14(15-5-2)17-10-7-12(8-11-17)13(18)19-3/h12H,4-11H2,1-3H3,(H,15,16). The summed E-state index contributed by atoms with van der Waals surface area (Å²) >= 11 is 0. The number of hydrogen-bond acceptors (Lipinski definition) is 3. The van der Waals surface area contributed by atoms with E-state index in [4.69, 9.17) is 4.74 Å². The minimum absolute atomic E-state index is 0.0553. The van der Waals surface area contributed by atoms with Gasteiger partial charge in [-0.2, -0.15) is 0 Å². The largest absolute Gasteiger partial charge is 0.469 e. The van der Waals surface area contributed by atoms with E-state index in [1.807, 2.05) is 0 Å². The summed E-state index contributed by atoms with van der Waals surface area (Å²) in [6.07, 6.45) is 3.98. The molecular weight excluding hydrogens is 242 g/mol. The molecule has 0 saturated carbocycles. The van der Waals surface area contributed by atoms with Gasteiger partial charge in [-0.3, -0.25) is 9.79 Å². The van der Waals surface area contributed by atoms with Gasteiger partial charge in [-0.25, -0.2) is 0 Å². The van der Waals surface area contributed by atoms with Crippen LogP contribution in [0.25, 0.3) is 0 Å². The van der Waals surface area contributed by atoms with Gasteiger partial charge in [0, 0.05) is 26.2 Å². The van der Waals surface area contributed by atoms with Gasteiger partial charge in [0.2, 0.25) is 0 Å². The van der Waals surface area contributed by atoms with Crippen molar-refractivity contribution in [3.8, 4) is 0 Å². The van der Waals surface area contributed by atoms with Crippen LogP contribution in [0, 0.1) is 5.92 Å². The maximum Gasteiger partial charge on any atom is 0.308 e. The molecule has 110 valence electrons. The number of nitrogens with zero attached hydrogens (tertiary/aromatic N) is 2. The summed E-state index contributed by atoms with van der Waals surface area (Å²) in [4.78, 5) is 18.4. The topological polar surface area (TPSA) is 53.9 Å². The third-order valence-electron chi connectivity index (χ3n) is 3.44. The Morgan fingerprint density at radius 2 is 2.05 bits per heavy atom. The first-order valence-electron chi connectivity index (χ1n) is 7.34. The van der Waals surface area contributed by atoms with Crippen LogP contribution in [0.1, 0.15) is 39.5 Å². The summed E-state index contributed by atoms with van der Waals surface area (Å²) < 4.78 is 4.81. The number of methoxy groups -OCH3 is 1. The number of unbranched alkanes of at least 4 members (excludes halogenated alkanes) is 1. The molecule has 0 aromatic heterocycles. The SMILES string of the molecule is CCCCN=C(NCC)N1CCC(C(=O)OC)CC1. The fraction of sp³-hybridized carbons (Fsp3) is 0.857. The Morgan fingerprint density at radius 1 is 1.37 bits per heavy atom. The second kappa shape index (κ2) is 8.77. The highest BCUT2D eigenvalue weighted by Gasteiger charge is 2.26. The second-order valence-electron chi connectivity index (χ2n) is 4.87. The van der Waals surface area contributed by atoms with Crippen molar-refractivity contribution in [2.24, 2.45) is 10.9 Å². The monoisotopic (exact) mass is 269 g/mol. The molecule has 5 heteroatoms. The number of piperidine rings is 1. The third kappa shape index (κ3) is 5.09. The van der Waals surface area contributed by atoms with Crippen molar-refractivity contribution < 1.29 is 9.53 Å². The van der Waals surface area contributed by atoms with E-state index in [1.165, 1.54) is 7.11 Å². The molecule has 0 radical (unpaired) electrons. The minimum Gasteiger partial charge on any atom is -0.469 e. The van der Waals surface area contributed by atoms with Gasteiger partial charge in [-0.1, -0.05) is 13.3 Å². The number of rotatable bonds is 5. The number of likely N-dealkylation sites (tertiary alicyclic amines) is 1. The molecular formula is C14H27N3O2. The number of carbonyl (C=O) groups excluding carboxylic acids is 1. The maximum absolute atomic E-state index is 11.5. The first-order chi connectivity index (χ1) is 9.22. The smallest absolute Gasteiger partial charge is 0.308 e. The average Bonchev–Trinajstić information content (AvgIpc) is 2.46. The number of guanidine groups is 1. The van der Waals surface area contributed by atoms with Crippen LogP contribution < -0.4 is 5.32 Å². The fourth-order valence-electron chi connectivity index (χ4n) is 2.26. The lowest BCUT2D eigenvalue weighted by Crippen LogP contribution is -2.46. The molecule has 1 N–H and O–H groups in total. The number of hydrogen-bond donors (Lipinski definition) is 1. The molecule has 5 nitrogen and oxygen atoms in total. The van der Waals surface area contributed by atoms with Crippen molar-refractivity contribution in [1.29, 1.82) is 0 Å². The Kier molecular flexibility index (Phi) is 7.30. The van der Waals surface area contributed by atoms with Crippen LogP contribution in [0.2, 0.25) is 0 Å². The van der Waals surface area contributed by atoms with Crippen molar-refractivity contribution in [3.63, 3.8) is 0 Å². The van der Waals surface area contributed by atoms with Gasteiger partial charge in [0.1, 0.15) is 0 Å². The number of aliphatic imine (C=N–C) groups is 1. The van der Waals surface area contributed by atoms with E-state index >= 15 is 0 Å². The Hall–Kier alpha value is -1.26. The van der Waals surface area contributed by atoms with E-state index < -0.39 is 0 Å². The van der Waals surface area contributed by atoms with Gasteiger partial charge in [0.15, 0.2) is 5.96 Å². The van der Waals surface area contributed by atoms with Gasteiger partial charge in [0.25, 0.3) is 0 Å². The third-order valence-corrected chi connectivity index (χ3v) is 3.44. The Morgan fingerprint density at radius 3 is 2.58 bits per heavy atom. The molecule has 1 aliphatic heterocycles. The summed E-state index contributed by atoms with van der Waals surface area (Å²) in [6.45, 7) is 7.74. The van der Waals surface area contributed by atoms with Crippen molar-refractivity contribution in [3.05, 3.63) is 0 Å². The molecule has 0 aromatic carbocycles. The Labute approximate surface area is 116 Å². The zero-order valence-electron chi connectivity index (χ0n) is 12.4. The molecule has 0 amide bonds. The van der Waals surface area contributed by atoms with E-state index in [9.17, 15) is 4.79 Å². The molecule has 1 fully saturated rings. The summed E-state index contributed by atoms with van der Waals surface area (Å²) in [5, 5.41) is 3.33. The van der Waals surface area contributed by atoms with Crippen LogP contribution in [-0.2, 0) is 9.53 Å². The lowest BCUT2D eigenvalue weighted by Gasteiger charge is -2.33. The van der Waals surface area contributed by atoms with E-state index in [0.29, 0.717) is 0 Å². The van der Waals surface area contributed by atoms with Crippen LogP contribution >= 0.6 is 0 Å². The zero-order valence-corrected chi connectivity index (χ0v) is 12.4. The van der Waals surface area contributed by atoms with Crippen LogP contribution in [0.5, 0.6) is 0 Å². The minimum atomic E-state index is -0.0763. The molecule has 1 saturated heterocycles. The molecule has 0 unspecified atom stereocenters. The van der Waals surface area contributed by atoms with Gasteiger partial charge >= 0.3 is 5.97 Å². The van der Waals surface area contributed by atoms with Crippen LogP contribution in [-0.4, -0.2) is 50.1 Å². The lowest BCUT2D eigenvalue weighted by atomic mass is 9.97. The van der Waals surface area contributed by atoms with Crippen molar-refractivity contribution >= 4 is 11.9 Å². The maximum atomic E-state index is 11.5. The molecule has 0 atom stereocenters. The first-order valence-corrected chi connectivity index (χ1v) is 7.34. The summed E-state index contributed by atoms with van der Waals surface area (Å²) in [5.41, 5.74) is 0. The first kappa shape index (κ1) is 15.8. The summed E-state index contributed by atoms with van der Waals surface area (Å²) in [5.74, 6) is 0.964. The van der Waals surface area contributed by atoms with E-state index in [-0.39, 0.29) is 11.9 Å². The van der Waals surface area contributed by atoms with E-state index in [2.05, 4.69) is 29.1 Å². The van der Waals surface area contributed by atoms with Crippen molar-refractivity contribution in [1.82, 2.24) is 10.2 Å². The number of esters is 1. The molecule has 0 aromatic rings. The van der Waals surface area contributed by atoms with Gasteiger partial charge in [-0.15, -0.1) is 0 Å². The van der Waals surface area contributed by atoms with Crippen molar-refractivity contribution in [2.45, 2.75) is 39.5 Å². The van der Waals surface area contributed by atoms with Gasteiger partial charge in [-0.05, 0) is 26.2 Å². The molecule has 1 heterocycles. The van der Waals surface area contributed by atoms with Gasteiger partial charge in [0.05, 0.1) is 13.0 Å². The van der Waals surface area contributed by atoms with Gasteiger partial charge < -0.3 is 15.0 Å². The van der Waals surface area contributed by atoms with Crippen LogP contribution in [0.3, 0.4) is 0 Å². The Balaban J connectivity index is 2.49. The molecule has 0 aliphatic carbocycles. The lowest BCUT2D eigenvalue weighted by molar-refractivity contribution is -0.146. The Bertz CT molecular complexity index is 297. The van der Waals surface area contributed by atoms with E-state index in [0.717, 1.165) is 57.8 Å². The average molecular weight is 269 g/mol. The van der Waals surface area contributed by atoms with Crippen LogP contribution in [0.4, 0.5) is 0 Å². The predicted molar refractivity (Wildman–Crippen MR) is 77.2 cm³/mol. The molecule has 1 aliphatic rings. The highest BCUT2D eigenvalue weighted by atomic mass is 16.5. The number of nitrogens with one attached hydrogen (secondary N) is 1. The quantitative estimate of drug-likeness (QED) is 0.357. The highest BCUT2D eigenvalue weighted by Crippen LogP contribution is 2.18. The van der Waals surface area contributed by atoms with E-state index in [1.54, 1.807) is 0 Å². The summed E-state index contributed by atoms with van der Waals surface area (Å²) in [7, 11) is 1.46. The zero-order chi connectivity index (χ0) is 14.1. The highest BCUT2D eigenvalue weighted by molar-refractivity contribution is 5.80. The number of carbonyl (C=O) groups is 1. The van der Waals surface area contributed by atoms with Crippen LogP contribution in [0.15, 0.2) is 4.99 Å². The molecule has 19 heavy (non-hydrogen) atoms. The fourth-order valence-corrected chi connectivity index (χ4v) is 2.26. The predicted octanol–water partition coefficient (Wildman–Crippen LogP) is 1.64. The summed E-state index contributed by atoms with van der Waals surface area (Å²) in [6, 6.07) is 0. The molecule has 0 bridgehead atoms. The van der Waals surface area contributed by atoms with Crippen molar-refractivity contribution in [2.75, 3.05) is 33.3 Å². The molecule has 0 spiro atoms. The molecule has 1 rings (SSSR count). The normalized spacial score (nSPS) is 17.4. The number of ether oxygens (including phenoxy) is 1. The second-order valence-corrected chi connectivity index (χ2v) is 4.87.